The number of fused-ring (bicyclic) bond motifs is 7. The first-order valence-corrected chi connectivity index (χ1v) is 28.3. The summed E-state index contributed by atoms with van der Waals surface area (Å²) < 4.78 is 48.8. The standard InChI is InChI=1S/C57H88O24/c1-11-24(3)47(72)80-44-45(81-48(73)25(4)12-2)57(23-61)27(19-52(44,5)6)26-13-14-31-53(7)17-16-32(54(8,22-60)30(53)15-18-55(31,9)56(26,10)42(68)43(57)69)76-51-41(79-50-37(66)35(64)33(62)28(20-58)74-50)39(38(67)40(78-51)46(70)71)77-49-36(65)34(63)29(21-59)75-49/h11-13,27-45,49-51,58-69H,14-23H2,1-10H3,(H,70,71)/b24-11-,25-12-/t27?,28?,29?,30?,31?,32-,33+,34?,35?,36?,37-,38-,39?,40?,41-,42-,43+,44-,45-,49?,50-,51+,53-,54+,55+,56-,57-/m0/s1. The van der Waals surface area contributed by atoms with Crippen LogP contribution in [-0.2, 0) is 52.3 Å². The van der Waals surface area contributed by atoms with Gasteiger partial charge in [0.25, 0.3) is 0 Å². The van der Waals surface area contributed by atoms with Crippen LogP contribution in [0.5, 0.6) is 0 Å². The molecule has 13 N–H and O–H groups in total. The molecule has 8 rings (SSSR count). The highest BCUT2D eigenvalue weighted by atomic mass is 16.8. The van der Waals surface area contributed by atoms with Crippen LogP contribution in [-0.4, -0.2) is 227 Å². The number of aliphatic hydroxyl groups is 12. The molecule has 0 bridgehead atoms. The van der Waals surface area contributed by atoms with E-state index < -0.39 is 205 Å². The largest absolute Gasteiger partial charge is 0.479 e. The van der Waals surface area contributed by atoms with Crippen molar-refractivity contribution in [2.75, 3.05) is 26.4 Å². The molecule has 0 aromatic rings. The molecular formula is C57H88O24. The second-order valence-corrected chi connectivity index (χ2v) is 25.9. The van der Waals surface area contributed by atoms with Gasteiger partial charge in [-0.2, -0.15) is 0 Å². The molecule has 3 saturated heterocycles. The second kappa shape index (κ2) is 23.3. The Morgan fingerprint density at radius 1 is 0.630 bits per heavy atom. The van der Waals surface area contributed by atoms with Crippen LogP contribution in [0.15, 0.2) is 34.9 Å². The molecule has 3 aliphatic heterocycles. The van der Waals surface area contributed by atoms with Crippen LogP contribution in [0.2, 0.25) is 0 Å². The Hall–Kier alpha value is -3.09. The number of rotatable bonds is 15. The van der Waals surface area contributed by atoms with Gasteiger partial charge in [-0.3, -0.25) is 0 Å². The zero-order valence-corrected chi connectivity index (χ0v) is 47.8. The smallest absolute Gasteiger partial charge is 0.335 e. The Kier molecular flexibility index (Phi) is 18.4. The summed E-state index contributed by atoms with van der Waals surface area (Å²) >= 11 is 0. The minimum absolute atomic E-state index is 0.165. The van der Waals surface area contributed by atoms with Gasteiger partial charge in [0.1, 0.15) is 67.1 Å². The lowest BCUT2D eigenvalue weighted by molar-refractivity contribution is -0.387. The maximum absolute atomic E-state index is 13.9. The van der Waals surface area contributed by atoms with Crippen molar-refractivity contribution in [1.29, 1.82) is 0 Å². The van der Waals surface area contributed by atoms with E-state index >= 15 is 0 Å². The number of hydrogen-bond donors (Lipinski definition) is 13. The van der Waals surface area contributed by atoms with Crippen LogP contribution in [0.25, 0.3) is 0 Å². The highest BCUT2D eigenvalue weighted by molar-refractivity contribution is 5.89. The van der Waals surface area contributed by atoms with E-state index in [4.69, 9.17) is 37.9 Å². The van der Waals surface area contributed by atoms with E-state index in [1.807, 2.05) is 27.7 Å². The Morgan fingerprint density at radius 2 is 1.17 bits per heavy atom. The SMILES string of the molecule is C/C=C(/C)C(=O)O[C@H]1[C@H](OC(=O)/C(C)=C\C)[C@@]2(CO)C(CC1(C)C)C1=CCC3[C@@]4(C)CC[C@H](O[C@@H]5OC(C(=O)O)[C@@H](O)C(OC6OC(CO)C(O)C6O)[C@@H]5O[C@@H]5OC(CO)[C@@H](O)C(O)[C@@H]5O)[C@](C)(CO)C4CC[C@@]3(C)[C@]1(C)[C@@H](O)[C@H]2O. The van der Waals surface area contributed by atoms with Gasteiger partial charge in [0.2, 0.25) is 0 Å². The third kappa shape index (κ3) is 9.98. The normalized spacial score (nSPS) is 49.8. The molecule has 27 atom stereocenters. The van der Waals surface area contributed by atoms with E-state index in [0.717, 1.165) is 5.57 Å². The van der Waals surface area contributed by atoms with Gasteiger partial charge < -0.3 is 104 Å². The molecule has 24 nitrogen and oxygen atoms in total. The molecule has 7 fully saturated rings. The summed E-state index contributed by atoms with van der Waals surface area (Å²) in [5.41, 5.74) is -5.25. The molecule has 0 amide bonds. The van der Waals surface area contributed by atoms with Gasteiger partial charge in [-0.25, -0.2) is 14.4 Å². The molecule has 3 heterocycles. The predicted octanol–water partition coefficient (Wildman–Crippen LogP) is -0.765. The van der Waals surface area contributed by atoms with Crippen molar-refractivity contribution in [3.63, 3.8) is 0 Å². The summed E-state index contributed by atoms with van der Waals surface area (Å²) in [5, 5.41) is 146. The zero-order chi connectivity index (χ0) is 60.0. The molecule has 24 heteroatoms. The first kappa shape index (κ1) is 63.9. The van der Waals surface area contributed by atoms with Crippen LogP contribution >= 0.6 is 0 Å². The molecule has 4 saturated carbocycles. The number of aliphatic hydroxyl groups excluding tert-OH is 12. The molecule has 0 aromatic heterocycles. The number of carboxylic acids is 1. The lowest BCUT2D eigenvalue weighted by Gasteiger charge is -2.73. The fourth-order valence-electron chi connectivity index (χ4n) is 16.2. The molecule has 5 aliphatic carbocycles. The van der Waals surface area contributed by atoms with Crippen molar-refractivity contribution >= 4 is 17.9 Å². The summed E-state index contributed by atoms with van der Waals surface area (Å²) in [6.07, 6.45) is -25.7. The van der Waals surface area contributed by atoms with Crippen molar-refractivity contribution in [3.05, 3.63) is 34.9 Å². The van der Waals surface area contributed by atoms with Gasteiger partial charge in [0.05, 0.1) is 50.2 Å². The van der Waals surface area contributed by atoms with Crippen molar-refractivity contribution < 1.29 is 119 Å². The monoisotopic (exact) mass is 1160 g/mol. The zero-order valence-electron chi connectivity index (χ0n) is 47.8. The molecule has 460 valence electrons. The maximum Gasteiger partial charge on any atom is 0.335 e. The van der Waals surface area contributed by atoms with Crippen molar-refractivity contribution in [3.8, 4) is 0 Å². The minimum atomic E-state index is -2.18. The lowest BCUT2D eigenvalue weighted by Crippen LogP contribution is -2.76. The van der Waals surface area contributed by atoms with Crippen molar-refractivity contribution in [1.82, 2.24) is 0 Å². The summed E-state index contributed by atoms with van der Waals surface area (Å²) in [7, 11) is 0. The number of ether oxygens (including phenoxy) is 8. The number of aliphatic carboxylic acids is 1. The third-order valence-electron chi connectivity index (χ3n) is 21.5. The first-order valence-electron chi connectivity index (χ1n) is 28.3. The average molecular weight is 1160 g/mol. The van der Waals surface area contributed by atoms with Gasteiger partial charge in [-0.05, 0) is 94.8 Å². The molecule has 0 radical (unpaired) electrons. The highest BCUT2D eigenvalue weighted by Gasteiger charge is 2.77. The topological polar surface area (TPSA) is 388 Å². The first-order chi connectivity index (χ1) is 37.9. The fraction of sp³-hybridized carbons (Fsp3) is 0.842. The molecule has 0 spiro atoms. The number of carbonyl (C=O) groups excluding carboxylic acids is 2. The van der Waals surface area contributed by atoms with Gasteiger partial charge in [-0.1, -0.05) is 65.3 Å². The van der Waals surface area contributed by atoms with Crippen LogP contribution < -0.4 is 0 Å². The van der Waals surface area contributed by atoms with Gasteiger partial charge in [0.15, 0.2) is 31.1 Å². The van der Waals surface area contributed by atoms with Crippen molar-refractivity contribution in [2.45, 2.75) is 224 Å². The molecule has 81 heavy (non-hydrogen) atoms. The van der Waals surface area contributed by atoms with Crippen LogP contribution in [0.1, 0.15) is 108 Å². The number of esters is 2. The highest BCUT2D eigenvalue weighted by Crippen LogP contribution is 2.76. The fourth-order valence-corrected chi connectivity index (χ4v) is 16.2. The predicted molar refractivity (Wildman–Crippen MR) is 278 cm³/mol. The minimum Gasteiger partial charge on any atom is -0.479 e. The Labute approximate surface area is 471 Å². The van der Waals surface area contributed by atoms with E-state index in [-0.39, 0.29) is 24.3 Å². The van der Waals surface area contributed by atoms with Gasteiger partial charge in [-0.15, -0.1) is 0 Å². The van der Waals surface area contributed by atoms with E-state index in [9.17, 15) is 80.8 Å². The van der Waals surface area contributed by atoms with Crippen LogP contribution in [0.4, 0.5) is 0 Å². The van der Waals surface area contributed by atoms with Crippen molar-refractivity contribution in [2.24, 2.45) is 50.2 Å². The summed E-state index contributed by atoms with van der Waals surface area (Å²) in [5.74, 6) is -4.48. The van der Waals surface area contributed by atoms with E-state index in [2.05, 4.69) is 19.9 Å². The number of hydrogen-bond acceptors (Lipinski definition) is 23. The van der Waals surface area contributed by atoms with E-state index in [0.29, 0.717) is 31.3 Å². The summed E-state index contributed by atoms with van der Waals surface area (Å²) in [6, 6.07) is 0. The Balaban J connectivity index is 1.15. The molecular weight excluding hydrogens is 1070 g/mol. The Bertz CT molecular complexity index is 2410. The third-order valence-corrected chi connectivity index (χ3v) is 21.5. The van der Waals surface area contributed by atoms with Gasteiger partial charge >= 0.3 is 17.9 Å². The average Bonchev–Trinajstić information content (AvgIpc) is 1.99. The summed E-state index contributed by atoms with van der Waals surface area (Å²) in [6.45, 7) is 15.3. The van der Waals surface area contributed by atoms with Gasteiger partial charge in [0, 0.05) is 27.4 Å². The van der Waals surface area contributed by atoms with Crippen LogP contribution in [0, 0.1) is 50.2 Å². The molecule has 8 aliphatic rings. The molecule has 0 aromatic carbocycles. The molecule has 11 unspecified atom stereocenters. The van der Waals surface area contributed by atoms with E-state index in [1.54, 1.807) is 39.8 Å². The maximum atomic E-state index is 13.9. The number of carboxylic acid groups (broad SMARTS) is 1. The number of carbonyl (C=O) groups is 3. The lowest BCUT2D eigenvalue weighted by atomic mass is 9.32. The Morgan fingerprint density at radius 3 is 1.70 bits per heavy atom. The summed E-state index contributed by atoms with van der Waals surface area (Å²) in [4.78, 5) is 40.4. The second-order valence-electron chi connectivity index (χ2n) is 25.9. The van der Waals surface area contributed by atoms with E-state index in [1.165, 1.54) is 0 Å². The number of allylic oxidation sites excluding steroid dienone is 3. The quantitative estimate of drug-likeness (QED) is 0.0415. The van der Waals surface area contributed by atoms with Crippen LogP contribution in [0.3, 0.4) is 0 Å².